The van der Waals surface area contributed by atoms with Crippen LogP contribution < -0.4 is 4.90 Å². The van der Waals surface area contributed by atoms with Crippen molar-refractivity contribution in [1.29, 1.82) is 5.26 Å². The summed E-state index contributed by atoms with van der Waals surface area (Å²) in [5, 5.41) is 19.1. The maximum absolute atomic E-state index is 9.98. The number of unbranched alkanes of at least 4 members (excludes halogenated alkanes) is 1. The summed E-state index contributed by atoms with van der Waals surface area (Å²) in [6.07, 6.45) is 3.91. The van der Waals surface area contributed by atoms with E-state index < -0.39 is 0 Å². The molecule has 3 heterocycles. The number of fused-ring (bicyclic) bond motifs is 1. The summed E-state index contributed by atoms with van der Waals surface area (Å²) in [6, 6.07) is 2.47. The molecule has 1 saturated heterocycles. The van der Waals surface area contributed by atoms with E-state index in [1.807, 2.05) is 0 Å². The number of hydrogen-bond donors (Lipinski definition) is 1. The van der Waals surface area contributed by atoms with Crippen LogP contribution in [-0.4, -0.2) is 59.9 Å². The van der Waals surface area contributed by atoms with Gasteiger partial charge in [0.15, 0.2) is 0 Å². The number of β-amino-alcohol motifs (C(OH)–C–C–N with tert-alkyl or cyclic N) is 1. The molecule has 6 nitrogen and oxygen atoms in total. The lowest BCUT2D eigenvalue weighted by Crippen LogP contribution is -2.48. The Labute approximate surface area is 162 Å². The summed E-state index contributed by atoms with van der Waals surface area (Å²) in [4.78, 5) is 9.51. The average Bonchev–Trinajstić information content (AvgIpc) is 2.65. The molecule has 0 bridgehead atoms. The van der Waals surface area contributed by atoms with Crippen LogP contribution in [-0.2, 0) is 24.2 Å². The minimum absolute atomic E-state index is 0.191. The molecule has 0 amide bonds. The predicted molar refractivity (Wildman–Crippen MR) is 106 cm³/mol. The summed E-state index contributed by atoms with van der Waals surface area (Å²) >= 11 is 0. The smallest absolute Gasteiger partial charge is 0.147 e. The zero-order valence-corrected chi connectivity index (χ0v) is 16.9. The molecule has 0 atom stereocenters. The zero-order valence-electron chi connectivity index (χ0n) is 16.9. The highest BCUT2D eigenvalue weighted by molar-refractivity contribution is 5.62. The molecule has 6 heteroatoms. The number of aliphatic hydroxyl groups excluding tert-OH is 1. The number of hydrogen-bond acceptors (Lipinski definition) is 6. The van der Waals surface area contributed by atoms with Gasteiger partial charge in [-0.15, -0.1) is 0 Å². The van der Waals surface area contributed by atoms with Crippen molar-refractivity contribution in [1.82, 2.24) is 9.88 Å². The largest absolute Gasteiger partial charge is 0.395 e. The van der Waals surface area contributed by atoms with Crippen LogP contribution in [0, 0.1) is 11.3 Å². The first-order chi connectivity index (χ1) is 13.0. The highest BCUT2D eigenvalue weighted by Gasteiger charge is 2.33. The predicted octanol–water partition coefficient (Wildman–Crippen LogP) is 2.26. The molecular weight excluding hydrogens is 340 g/mol. The topological polar surface area (TPSA) is 72.6 Å². The quantitative estimate of drug-likeness (QED) is 0.826. The molecule has 0 unspecified atom stereocenters. The number of nitriles is 1. The van der Waals surface area contributed by atoms with Crippen molar-refractivity contribution < 1.29 is 9.84 Å². The van der Waals surface area contributed by atoms with Gasteiger partial charge in [-0.3, -0.25) is 4.90 Å². The maximum Gasteiger partial charge on any atom is 0.147 e. The van der Waals surface area contributed by atoms with Gasteiger partial charge >= 0.3 is 0 Å². The lowest BCUT2D eigenvalue weighted by Gasteiger charge is -2.38. The third kappa shape index (κ3) is 4.43. The van der Waals surface area contributed by atoms with Crippen molar-refractivity contribution >= 4 is 5.82 Å². The van der Waals surface area contributed by atoms with E-state index in [1.165, 1.54) is 0 Å². The number of pyridine rings is 1. The monoisotopic (exact) mass is 372 g/mol. The van der Waals surface area contributed by atoms with E-state index in [9.17, 15) is 5.26 Å². The van der Waals surface area contributed by atoms with Crippen LogP contribution in [0.1, 0.15) is 56.0 Å². The van der Waals surface area contributed by atoms with Crippen molar-refractivity contribution in [2.75, 3.05) is 44.2 Å². The third-order valence-corrected chi connectivity index (χ3v) is 5.66. The van der Waals surface area contributed by atoms with Gasteiger partial charge in [0.1, 0.15) is 11.9 Å². The molecule has 0 aliphatic carbocycles. The van der Waals surface area contributed by atoms with E-state index >= 15 is 0 Å². The number of aryl methyl sites for hydroxylation is 1. The Morgan fingerprint density at radius 3 is 2.59 bits per heavy atom. The van der Waals surface area contributed by atoms with Crippen LogP contribution in [0.3, 0.4) is 0 Å². The fraction of sp³-hybridized carbons (Fsp3) is 0.714. The maximum atomic E-state index is 9.98. The second kappa shape index (κ2) is 8.55. The molecule has 2 aliphatic rings. The number of piperazine rings is 1. The third-order valence-electron chi connectivity index (χ3n) is 5.66. The SMILES string of the molecule is CCCCc1nc(N2CCN(CCO)CC2)c(C#N)c2c1COC(C)(C)C2. The number of nitrogens with zero attached hydrogens (tertiary/aromatic N) is 4. The minimum atomic E-state index is -0.251. The van der Waals surface area contributed by atoms with Crippen molar-refractivity contribution in [3.8, 4) is 6.07 Å². The van der Waals surface area contributed by atoms with Gasteiger partial charge in [-0.25, -0.2) is 4.98 Å². The van der Waals surface area contributed by atoms with Crippen LogP contribution >= 0.6 is 0 Å². The van der Waals surface area contributed by atoms with E-state index in [-0.39, 0.29) is 12.2 Å². The minimum Gasteiger partial charge on any atom is -0.395 e. The zero-order chi connectivity index (χ0) is 19.4. The Bertz CT molecular complexity index is 703. The fourth-order valence-electron chi connectivity index (χ4n) is 4.04. The molecule has 1 N–H and O–H groups in total. The first-order valence-electron chi connectivity index (χ1n) is 10.2. The van der Waals surface area contributed by atoms with Crippen LogP contribution in [0.25, 0.3) is 0 Å². The fourth-order valence-corrected chi connectivity index (χ4v) is 4.04. The molecule has 0 spiro atoms. The normalized spacial score (nSPS) is 19.6. The van der Waals surface area contributed by atoms with Gasteiger partial charge in [0.05, 0.1) is 24.4 Å². The summed E-state index contributed by atoms with van der Waals surface area (Å²) < 4.78 is 6.04. The van der Waals surface area contributed by atoms with Gasteiger partial charge in [-0.05, 0) is 32.3 Å². The number of ether oxygens (including phenoxy) is 1. The highest BCUT2D eigenvalue weighted by atomic mass is 16.5. The lowest BCUT2D eigenvalue weighted by molar-refractivity contribution is -0.0407. The lowest BCUT2D eigenvalue weighted by atomic mass is 9.87. The van der Waals surface area contributed by atoms with E-state index in [4.69, 9.17) is 14.8 Å². The molecule has 1 fully saturated rings. The summed E-state index contributed by atoms with van der Waals surface area (Å²) in [7, 11) is 0. The van der Waals surface area contributed by atoms with Crippen LogP contribution in [0.5, 0.6) is 0 Å². The molecule has 2 aliphatic heterocycles. The molecular formula is C21H32N4O2. The molecule has 3 rings (SSSR count). The van der Waals surface area contributed by atoms with E-state index in [0.29, 0.717) is 13.2 Å². The second-order valence-corrected chi connectivity index (χ2v) is 8.21. The van der Waals surface area contributed by atoms with Crippen LogP contribution in [0.15, 0.2) is 0 Å². The van der Waals surface area contributed by atoms with Gasteiger partial charge < -0.3 is 14.7 Å². The molecule has 1 aromatic rings. The van der Waals surface area contributed by atoms with E-state index in [0.717, 1.165) is 80.1 Å². The van der Waals surface area contributed by atoms with Crippen LogP contribution in [0.4, 0.5) is 5.82 Å². The van der Waals surface area contributed by atoms with Gasteiger partial charge in [-0.1, -0.05) is 13.3 Å². The Balaban J connectivity index is 1.97. The number of anilines is 1. The molecule has 148 valence electrons. The number of rotatable bonds is 6. The van der Waals surface area contributed by atoms with Gasteiger partial charge in [0, 0.05) is 50.4 Å². The van der Waals surface area contributed by atoms with Crippen LogP contribution in [0.2, 0.25) is 0 Å². The number of aromatic nitrogens is 1. The van der Waals surface area contributed by atoms with E-state index in [2.05, 4.69) is 36.6 Å². The standard InChI is InChI=1S/C21H32N4O2/c1-4-5-6-19-18-15-27-21(2,3)13-16(18)17(14-22)20(23-19)25-9-7-24(8-10-25)11-12-26/h26H,4-13,15H2,1-3H3. The average molecular weight is 373 g/mol. The van der Waals surface area contributed by atoms with Crippen molar-refractivity contribution in [2.24, 2.45) is 0 Å². The first kappa shape index (κ1) is 20.1. The van der Waals surface area contributed by atoms with Gasteiger partial charge in [0.25, 0.3) is 0 Å². The van der Waals surface area contributed by atoms with Gasteiger partial charge in [-0.2, -0.15) is 5.26 Å². The molecule has 0 aromatic carbocycles. The molecule has 0 saturated carbocycles. The highest BCUT2D eigenvalue weighted by Crippen LogP contribution is 2.36. The molecule has 1 aromatic heterocycles. The van der Waals surface area contributed by atoms with Crippen molar-refractivity contribution in [3.63, 3.8) is 0 Å². The second-order valence-electron chi connectivity index (χ2n) is 8.21. The Hall–Kier alpha value is -1.68. The Morgan fingerprint density at radius 2 is 1.96 bits per heavy atom. The Morgan fingerprint density at radius 1 is 1.22 bits per heavy atom. The van der Waals surface area contributed by atoms with E-state index in [1.54, 1.807) is 0 Å². The number of aliphatic hydroxyl groups is 1. The van der Waals surface area contributed by atoms with Crippen molar-refractivity contribution in [2.45, 2.75) is 58.7 Å². The molecule has 0 radical (unpaired) electrons. The van der Waals surface area contributed by atoms with Crippen molar-refractivity contribution in [3.05, 3.63) is 22.4 Å². The first-order valence-corrected chi connectivity index (χ1v) is 10.2. The summed E-state index contributed by atoms with van der Waals surface area (Å²) in [5.41, 5.74) is 3.87. The van der Waals surface area contributed by atoms with Gasteiger partial charge in [0.2, 0.25) is 0 Å². The Kier molecular flexibility index (Phi) is 6.36. The summed E-state index contributed by atoms with van der Waals surface area (Å²) in [6.45, 7) is 11.3. The molecule has 27 heavy (non-hydrogen) atoms. The summed E-state index contributed by atoms with van der Waals surface area (Å²) in [5.74, 6) is 0.851.